The number of benzene rings is 2. The summed E-state index contributed by atoms with van der Waals surface area (Å²) in [6.45, 7) is 1.88. The Kier molecular flexibility index (Phi) is 7.74. The largest absolute Gasteiger partial charge is 0.497 e. The molecule has 2 aromatic rings. The molecule has 170 valence electrons. The number of nitrogens with zero attached hydrogens (tertiary/aromatic N) is 1. The third-order valence-corrected chi connectivity index (χ3v) is 6.24. The average molecular weight is 466 g/mol. The zero-order valence-electron chi connectivity index (χ0n) is 18.4. The lowest BCUT2D eigenvalue weighted by Gasteiger charge is -2.31. The van der Waals surface area contributed by atoms with E-state index in [1.54, 1.807) is 30.3 Å². The molecular weight excluding hydrogens is 442 g/mol. The van der Waals surface area contributed by atoms with E-state index >= 15 is 0 Å². The topological polar surface area (TPSA) is 118 Å². The molecule has 8 nitrogen and oxygen atoms in total. The Labute approximate surface area is 195 Å². The van der Waals surface area contributed by atoms with Gasteiger partial charge in [0, 0.05) is 11.6 Å². The Morgan fingerprint density at radius 1 is 1.15 bits per heavy atom. The molecule has 0 fully saturated rings. The van der Waals surface area contributed by atoms with Crippen LogP contribution in [-0.2, 0) is 19.1 Å². The van der Waals surface area contributed by atoms with Gasteiger partial charge in [0.25, 0.3) is 0 Å². The highest BCUT2D eigenvalue weighted by atomic mass is 32.2. The molecule has 0 bridgehead atoms. The van der Waals surface area contributed by atoms with Crippen LogP contribution < -0.4 is 15.4 Å². The van der Waals surface area contributed by atoms with Gasteiger partial charge in [-0.15, -0.1) is 0 Å². The average Bonchev–Trinajstić information content (AvgIpc) is 2.83. The van der Waals surface area contributed by atoms with Crippen LogP contribution in [0.4, 0.5) is 5.69 Å². The predicted molar refractivity (Wildman–Crippen MR) is 124 cm³/mol. The van der Waals surface area contributed by atoms with Crippen molar-refractivity contribution in [3.8, 4) is 11.8 Å². The molecule has 2 amide bonds. The number of rotatable bonds is 7. The van der Waals surface area contributed by atoms with Crippen molar-refractivity contribution in [2.75, 3.05) is 25.3 Å². The molecule has 1 heterocycles. The van der Waals surface area contributed by atoms with Crippen LogP contribution in [-0.4, -0.2) is 37.8 Å². The highest BCUT2D eigenvalue weighted by Gasteiger charge is 2.44. The van der Waals surface area contributed by atoms with E-state index in [-0.39, 0.29) is 22.3 Å². The second-order valence-electron chi connectivity index (χ2n) is 7.25. The fourth-order valence-electron chi connectivity index (χ4n) is 3.53. The van der Waals surface area contributed by atoms with E-state index in [4.69, 9.17) is 9.47 Å². The summed E-state index contributed by atoms with van der Waals surface area (Å²) in [6.07, 6.45) is 0. The molecule has 3 rings (SSSR count). The van der Waals surface area contributed by atoms with Gasteiger partial charge < -0.3 is 20.1 Å². The Morgan fingerprint density at radius 2 is 1.85 bits per heavy atom. The van der Waals surface area contributed by atoms with Crippen molar-refractivity contribution in [3.63, 3.8) is 0 Å². The van der Waals surface area contributed by atoms with Crippen LogP contribution in [0.3, 0.4) is 0 Å². The maximum absolute atomic E-state index is 12.9. The molecule has 33 heavy (non-hydrogen) atoms. The number of carbonyl (C=O) groups is 3. The fraction of sp³-hybridized carbons (Fsp3) is 0.250. The summed E-state index contributed by atoms with van der Waals surface area (Å²) < 4.78 is 10.0. The number of anilines is 1. The first-order chi connectivity index (χ1) is 15.9. The van der Waals surface area contributed by atoms with Crippen LogP contribution in [0.2, 0.25) is 0 Å². The maximum Gasteiger partial charge on any atom is 0.319 e. The molecule has 9 heteroatoms. The molecule has 2 aromatic carbocycles. The van der Waals surface area contributed by atoms with E-state index in [0.717, 1.165) is 17.3 Å². The molecule has 1 aliphatic heterocycles. The van der Waals surface area contributed by atoms with Gasteiger partial charge in [0.15, 0.2) is 0 Å². The summed E-state index contributed by atoms with van der Waals surface area (Å²) in [5.41, 5.74) is 2.37. The van der Waals surface area contributed by atoms with Gasteiger partial charge in [-0.2, -0.15) is 5.26 Å². The van der Waals surface area contributed by atoms with Crippen LogP contribution in [0.15, 0.2) is 59.1 Å². The second kappa shape index (κ2) is 10.7. The predicted octanol–water partition coefficient (Wildman–Crippen LogP) is 3.11. The lowest BCUT2D eigenvalue weighted by Crippen LogP contribution is -2.44. The Morgan fingerprint density at radius 3 is 2.45 bits per heavy atom. The number of aryl methyl sites for hydroxylation is 1. The number of allylic oxidation sites excluding steroid dienone is 1. The van der Waals surface area contributed by atoms with Crippen molar-refractivity contribution in [3.05, 3.63) is 70.3 Å². The maximum atomic E-state index is 12.9. The van der Waals surface area contributed by atoms with Crippen LogP contribution in [0.1, 0.15) is 17.0 Å². The number of thioether (sulfide) groups is 1. The van der Waals surface area contributed by atoms with E-state index in [0.29, 0.717) is 17.0 Å². The quantitative estimate of drug-likeness (QED) is 0.476. The summed E-state index contributed by atoms with van der Waals surface area (Å²) in [4.78, 5) is 37.8. The first-order valence-electron chi connectivity index (χ1n) is 10.0. The number of amides is 2. The van der Waals surface area contributed by atoms with Gasteiger partial charge in [-0.1, -0.05) is 42.1 Å². The summed E-state index contributed by atoms with van der Waals surface area (Å²) in [5.74, 6) is -3.16. The molecular formula is C24H23N3O5S. The number of nitriles is 1. The van der Waals surface area contributed by atoms with Crippen LogP contribution in [0, 0.1) is 24.2 Å². The van der Waals surface area contributed by atoms with Gasteiger partial charge in [0.2, 0.25) is 11.8 Å². The Bertz CT molecular complexity index is 1140. The van der Waals surface area contributed by atoms with Gasteiger partial charge in [-0.3, -0.25) is 14.4 Å². The molecule has 0 unspecified atom stereocenters. The summed E-state index contributed by atoms with van der Waals surface area (Å²) in [5, 5.41) is 15.6. The number of hydrogen-bond donors (Lipinski definition) is 2. The minimum absolute atomic E-state index is 0.0344. The SMILES string of the molecule is COC(=O)[C@H]1C(=O)NC(SCC(=O)Nc2ccccc2C)=C(C#N)[C@H]1c1ccc(OC)cc1. The van der Waals surface area contributed by atoms with Crippen LogP contribution in [0.5, 0.6) is 5.75 Å². The van der Waals surface area contributed by atoms with E-state index in [1.165, 1.54) is 14.2 Å². The minimum Gasteiger partial charge on any atom is -0.497 e. The molecule has 0 saturated carbocycles. The van der Waals surface area contributed by atoms with Crippen molar-refractivity contribution >= 4 is 35.2 Å². The highest BCUT2D eigenvalue weighted by molar-refractivity contribution is 8.03. The molecule has 0 radical (unpaired) electrons. The zero-order chi connectivity index (χ0) is 24.0. The van der Waals surface area contributed by atoms with E-state index in [1.807, 2.05) is 25.1 Å². The number of methoxy groups -OCH3 is 2. The van der Waals surface area contributed by atoms with E-state index < -0.39 is 23.7 Å². The summed E-state index contributed by atoms with van der Waals surface area (Å²) in [7, 11) is 2.72. The van der Waals surface area contributed by atoms with E-state index in [2.05, 4.69) is 16.7 Å². The smallest absolute Gasteiger partial charge is 0.319 e. The first kappa shape index (κ1) is 23.9. The molecule has 0 aromatic heterocycles. The standard InChI is InChI=1S/C24H23N3O5S/c1-14-6-4-5-7-18(14)26-19(28)13-33-23-17(12-25)20(15-8-10-16(31-2)11-9-15)21(22(29)27-23)24(30)32-3/h4-11,20-21H,13H2,1-3H3,(H,26,28)(H,27,29)/t20-,21-/m1/s1. The minimum atomic E-state index is -1.23. The highest BCUT2D eigenvalue weighted by Crippen LogP contribution is 2.40. The van der Waals surface area contributed by atoms with E-state index in [9.17, 15) is 19.6 Å². The normalized spacial score (nSPS) is 17.6. The van der Waals surface area contributed by atoms with Gasteiger partial charge >= 0.3 is 5.97 Å². The summed E-state index contributed by atoms with van der Waals surface area (Å²) >= 11 is 1.03. The molecule has 0 spiro atoms. The molecule has 2 atom stereocenters. The van der Waals surface area contributed by atoms with Gasteiger partial charge in [-0.25, -0.2) is 0 Å². The zero-order valence-corrected chi connectivity index (χ0v) is 19.2. The first-order valence-corrected chi connectivity index (χ1v) is 11.0. The fourth-order valence-corrected chi connectivity index (χ4v) is 4.38. The van der Waals surface area contributed by atoms with Gasteiger partial charge in [-0.05, 0) is 36.2 Å². The molecule has 0 saturated heterocycles. The van der Waals surface area contributed by atoms with Crippen molar-refractivity contribution in [1.82, 2.24) is 5.32 Å². The van der Waals surface area contributed by atoms with Crippen LogP contribution in [0.25, 0.3) is 0 Å². The van der Waals surface area contributed by atoms with Gasteiger partial charge in [0.05, 0.1) is 36.6 Å². The molecule has 0 aliphatic carbocycles. The second-order valence-corrected chi connectivity index (χ2v) is 8.23. The van der Waals surface area contributed by atoms with Gasteiger partial charge in [0.1, 0.15) is 11.7 Å². The van der Waals surface area contributed by atoms with Crippen molar-refractivity contribution in [1.29, 1.82) is 5.26 Å². The number of carbonyl (C=O) groups excluding carboxylic acids is 3. The number of nitrogens with one attached hydrogen (secondary N) is 2. The molecule has 1 aliphatic rings. The number of para-hydroxylation sites is 1. The number of ether oxygens (including phenoxy) is 2. The third-order valence-electron chi connectivity index (χ3n) is 5.23. The Balaban J connectivity index is 1.90. The monoisotopic (exact) mass is 465 g/mol. The Hall–Kier alpha value is -3.77. The van der Waals surface area contributed by atoms with Crippen molar-refractivity contribution in [2.45, 2.75) is 12.8 Å². The number of esters is 1. The van der Waals surface area contributed by atoms with Crippen LogP contribution >= 0.6 is 11.8 Å². The third kappa shape index (κ3) is 5.35. The summed E-state index contributed by atoms with van der Waals surface area (Å²) in [6, 6.07) is 16.3. The number of hydrogen-bond acceptors (Lipinski definition) is 7. The lowest BCUT2D eigenvalue weighted by atomic mass is 9.78. The van der Waals surface area contributed by atoms with Crippen molar-refractivity contribution < 1.29 is 23.9 Å². The van der Waals surface area contributed by atoms with Crippen molar-refractivity contribution in [2.24, 2.45) is 5.92 Å². The lowest BCUT2D eigenvalue weighted by molar-refractivity contribution is -0.150. The molecule has 2 N–H and O–H groups in total.